The van der Waals surface area contributed by atoms with Crippen LogP contribution >= 0.6 is 0 Å². The average molecular weight is 902 g/mol. The number of ether oxygens (including phenoxy) is 5. The maximum absolute atomic E-state index is 14.2. The number of hydrogen-bond acceptors (Lipinski definition) is 13. The molecule has 4 N–H and O–H groups in total. The second-order valence-electron chi connectivity index (χ2n) is 19.3. The topological polar surface area (TPSA) is 199 Å². The van der Waals surface area contributed by atoms with Crippen molar-refractivity contribution in [3.05, 3.63) is 47.6 Å². The third-order valence-corrected chi connectivity index (χ3v) is 14.3. The van der Waals surface area contributed by atoms with Gasteiger partial charge in [-0.1, -0.05) is 64.2 Å². The van der Waals surface area contributed by atoms with Crippen LogP contribution in [0.4, 0.5) is 0 Å². The molecule has 15 atom stereocenters. The third-order valence-electron chi connectivity index (χ3n) is 14.3. The maximum atomic E-state index is 14.2. The second-order valence-corrected chi connectivity index (χ2v) is 19.3. The molecule has 64 heavy (non-hydrogen) atoms. The Kier molecular flexibility index (Phi) is 21.2. The number of allylic oxidation sites excluding steroid dienone is 6. The number of carbonyl (C=O) groups excluding carboxylic acids is 4. The highest BCUT2D eigenvalue weighted by atomic mass is 16.6. The van der Waals surface area contributed by atoms with Gasteiger partial charge in [0.25, 0.3) is 11.7 Å². The molecule has 14 nitrogen and oxygen atoms in total. The van der Waals surface area contributed by atoms with Crippen LogP contribution in [0.25, 0.3) is 0 Å². The van der Waals surface area contributed by atoms with E-state index >= 15 is 0 Å². The minimum absolute atomic E-state index is 0.0301. The summed E-state index contributed by atoms with van der Waals surface area (Å²) < 4.78 is 29.5. The summed E-state index contributed by atoms with van der Waals surface area (Å²) >= 11 is 0. The van der Waals surface area contributed by atoms with Crippen molar-refractivity contribution in [2.24, 2.45) is 29.6 Å². The summed E-state index contributed by atoms with van der Waals surface area (Å²) in [6, 6.07) is -0.938. The van der Waals surface area contributed by atoms with Gasteiger partial charge in [-0.2, -0.15) is 0 Å². The third kappa shape index (κ3) is 14.3. The first-order chi connectivity index (χ1) is 30.3. The van der Waals surface area contributed by atoms with Gasteiger partial charge in [-0.3, -0.25) is 19.2 Å². The van der Waals surface area contributed by atoms with Crippen LogP contribution in [0.15, 0.2) is 47.6 Å². The Balaban J connectivity index is 1.67. The number of rotatable bonds is 6. The molecule has 1 amide bonds. The minimum atomic E-state index is -2.39. The van der Waals surface area contributed by atoms with Crippen LogP contribution in [0.3, 0.4) is 0 Å². The molecule has 1 aliphatic carbocycles. The number of piperidine rings is 1. The van der Waals surface area contributed by atoms with E-state index in [1.54, 1.807) is 34.1 Å². The summed E-state index contributed by atoms with van der Waals surface area (Å²) in [5.74, 6) is -6.12. The molecule has 362 valence electrons. The zero-order valence-corrected chi connectivity index (χ0v) is 39.9. The van der Waals surface area contributed by atoms with E-state index in [1.807, 2.05) is 58.1 Å². The molecule has 4 aliphatic rings. The molecule has 1 saturated carbocycles. The Hall–Kier alpha value is -2.92. The molecule has 3 heterocycles. The average Bonchev–Trinajstić information content (AvgIpc) is 3.27. The fraction of sp³-hybridized carbons (Fsp3) is 0.760. The number of aliphatic hydroxyl groups excluding tert-OH is 3. The Bertz CT molecular complexity index is 1680. The van der Waals surface area contributed by atoms with E-state index in [0.717, 1.165) is 12.0 Å². The molecule has 2 saturated heterocycles. The van der Waals surface area contributed by atoms with Crippen LogP contribution in [0.5, 0.6) is 0 Å². The van der Waals surface area contributed by atoms with Crippen LogP contribution < -0.4 is 0 Å². The van der Waals surface area contributed by atoms with Crippen molar-refractivity contribution in [3.8, 4) is 0 Å². The van der Waals surface area contributed by atoms with Crippen LogP contribution in [-0.4, -0.2) is 137 Å². The van der Waals surface area contributed by atoms with E-state index in [9.17, 15) is 39.6 Å². The summed E-state index contributed by atoms with van der Waals surface area (Å²) in [6.07, 6.45) is 10.2. The van der Waals surface area contributed by atoms with Crippen molar-refractivity contribution < 1.29 is 63.3 Å². The largest absolute Gasteiger partial charge is 0.390 e. The lowest BCUT2D eigenvalue weighted by Crippen LogP contribution is -2.61. The second kappa shape index (κ2) is 25.3. The van der Waals surface area contributed by atoms with Gasteiger partial charge in [0.05, 0.1) is 36.6 Å². The summed E-state index contributed by atoms with van der Waals surface area (Å²) in [5, 5.41) is 45.6. The standard InChI is InChI=1S/C50H79NO13/c1-30-15-11-10-12-16-31(2)41(60-7)29-38-22-19-35(6)50(59,64-38)47(56)48(57)51-24-14-13-17-39(51)49(58)63-42(33(4)26-36-20-23-40(53)43(27-36)61-8)28-37(52)21-18-32(3)44(54)46(62-9)45(55)34(5)25-30/h10-12,15-16,18,30,33-36,38-44,46,49,53-54,58-59H,13-14,17,19-29H2,1-9H3/b12-10+,15-11+,31-16+,32-18+/t30-,33-,34?,35?,36?,38+,39?,40-,41+,42+,43?,44-,46?,49?,50?/m1/s1. The fourth-order valence-corrected chi connectivity index (χ4v) is 10.0. The maximum Gasteiger partial charge on any atom is 0.296 e. The van der Waals surface area contributed by atoms with E-state index in [2.05, 4.69) is 0 Å². The highest BCUT2D eigenvalue weighted by Gasteiger charge is 2.53. The van der Waals surface area contributed by atoms with Crippen molar-refractivity contribution in [1.29, 1.82) is 0 Å². The molecule has 4 rings (SSSR count). The molecule has 14 heteroatoms. The summed E-state index contributed by atoms with van der Waals surface area (Å²) in [6.45, 7) is 11.2. The van der Waals surface area contributed by atoms with Crippen molar-refractivity contribution in [3.63, 3.8) is 0 Å². The molecule has 2 bridgehead atoms. The molecule has 0 spiro atoms. The zero-order valence-electron chi connectivity index (χ0n) is 39.9. The molecular formula is C50H79NO13. The van der Waals surface area contributed by atoms with Gasteiger partial charge in [0.1, 0.15) is 18.0 Å². The van der Waals surface area contributed by atoms with Crippen molar-refractivity contribution in [2.75, 3.05) is 27.9 Å². The number of hydrogen-bond donors (Lipinski definition) is 4. The Labute approximate surface area is 381 Å². The first kappa shape index (κ1) is 53.7. The molecule has 0 aromatic heterocycles. The van der Waals surface area contributed by atoms with Gasteiger partial charge in [-0.15, -0.1) is 0 Å². The van der Waals surface area contributed by atoms with E-state index in [1.165, 1.54) is 12.0 Å². The van der Waals surface area contributed by atoms with Gasteiger partial charge in [0, 0.05) is 59.0 Å². The van der Waals surface area contributed by atoms with E-state index in [4.69, 9.17) is 23.7 Å². The fourth-order valence-electron chi connectivity index (χ4n) is 10.0. The Morgan fingerprint density at radius 2 is 1.59 bits per heavy atom. The van der Waals surface area contributed by atoms with Crippen LogP contribution in [-0.2, 0) is 42.9 Å². The Morgan fingerprint density at radius 3 is 2.28 bits per heavy atom. The zero-order chi connectivity index (χ0) is 47.3. The lowest BCUT2D eigenvalue weighted by molar-refractivity contribution is -0.266. The molecule has 0 aromatic rings. The quantitative estimate of drug-likeness (QED) is 0.187. The van der Waals surface area contributed by atoms with Crippen molar-refractivity contribution in [2.45, 2.75) is 186 Å². The number of amides is 1. The lowest BCUT2D eigenvalue weighted by atomic mass is 9.78. The lowest BCUT2D eigenvalue weighted by Gasteiger charge is -2.44. The van der Waals surface area contributed by atoms with E-state index in [0.29, 0.717) is 69.8 Å². The number of methoxy groups -OCH3 is 3. The molecule has 3 fully saturated rings. The number of Topliss-reactive ketones (excluding diaryl/α,β-unsaturated/α-hetero) is 3. The molecule has 0 aromatic carbocycles. The molecule has 8 unspecified atom stereocenters. The summed E-state index contributed by atoms with van der Waals surface area (Å²) in [4.78, 5) is 57.1. The van der Waals surface area contributed by atoms with Gasteiger partial charge < -0.3 is 49.0 Å². The summed E-state index contributed by atoms with van der Waals surface area (Å²) in [5.41, 5.74) is 1.30. The predicted octanol–water partition coefficient (Wildman–Crippen LogP) is 5.73. The highest BCUT2D eigenvalue weighted by molar-refractivity contribution is 6.38. The van der Waals surface area contributed by atoms with Crippen LogP contribution in [0.2, 0.25) is 0 Å². The summed E-state index contributed by atoms with van der Waals surface area (Å²) in [7, 11) is 4.54. The first-order valence-electron chi connectivity index (χ1n) is 23.6. The van der Waals surface area contributed by atoms with E-state index < -0.39 is 78.3 Å². The molecular weight excluding hydrogens is 823 g/mol. The highest BCUT2D eigenvalue weighted by Crippen LogP contribution is 2.38. The molecule has 3 aliphatic heterocycles. The predicted molar refractivity (Wildman–Crippen MR) is 242 cm³/mol. The van der Waals surface area contributed by atoms with Crippen molar-refractivity contribution in [1.82, 2.24) is 4.90 Å². The van der Waals surface area contributed by atoms with Crippen molar-refractivity contribution >= 4 is 23.3 Å². The monoisotopic (exact) mass is 902 g/mol. The number of fused-ring (bicyclic) bond motifs is 3. The number of ketones is 3. The minimum Gasteiger partial charge on any atom is -0.390 e. The van der Waals surface area contributed by atoms with Crippen LogP contribution in [0, 0.1) is 29.6 Å². The smallest absolute Gasteiger partial charge is 0.296 e. The Morgan fingerprint density at radius 1 is 0.859 bits per heavy atom. The van der Waals surface area contributed by atoms with Gasteiger partial charge in [0.2, 0.25) is 5.79 Å². The first-order valence-corrected chi connectivity index (χ1v) is 23.6. The van der Waals surface area contributed by atoms with E-state index in [-0.39, 0.29) is 54.8 Å². The van der Waals surface area contributed by atoms with Gasteiger partial charge in [-0.05, 0) is 107 Å². The SMILES string of the molecule is COC1CC(C[C@@H](C)[C@@H]2CC(=O)C/C=C(\C)[C@@H](O)C(OC)C(=O)C(C)C[C@H](C)/C=C/C=C/C=C(\C)[C@@H](OC)C[C@@H]3CCC(C)C(O)(O3)C(=O)C(=O)N3CCCCC3C(O)O2)CC[C@H]1O. The van der Waals surface area contributed by atoms with Gasteiger partial charge in [-0.25, -0.2) is 0 Å². The van der Waals surface area contributed by atoms with Gasteiger partial charge >= 0.3 is 0 Å². The number of nitrogens with zero attached hydrogens (tertiary/aromatic N) is 1. The van der Waals surface area contributed by atoms with Crippen LogP contribution in [0.1, 0.15) is 125 Å². The molecule has 0 radical (unpaired) electrons. The normalized spacial score (nSPS) is 41.0. The number of carbonyl (C=O) groups is 4. The van der Waals surface area contributed by atoms with Gasteiger partial charge in [0.15, 0.2) is 12.1 Å². The number of aliphatic hydroxyl groups is 4.